The molecule has 1 N–H and O–H groups in total. The van der Waals surface area contributed by atoms with Crippen LogP contribution in [-0.4, -0.2) is 4.98 Å². The first-order valence-electron chi connectivity index (χ1n) is 5.24. The monoisotopic (exact) mass is 321 g/mol. The normalized spacial score (nSPS) is 9.83. The van der Waals surface area contributed by atoms with Crippen molar-refractivity contribution >= 4 is 33.2 Å². The maximum atomic E-state index is 8.78. The molecule has 2 rings (SSSR count). The van der Waals surface area contributed by atoms with Crippen LogP contribution in [0.4, 0.5) is 5.69 Å². The topological polar surface area (TPSA) is 48.7 Å². The van der Waals surface area contributed by atoms with Gasteiger partial charge in [0, 0.05) is 5.69 Å². The number of hydrogen-bond donors (Lipinski definition) is 1. The summed E-state index contributed by atoms with van der Waals surface area (Å²) < 4.78 is 0.805. The number of benzene rings is 1. The highest BCUT2D eigenvalue weighted by Gasteiger charge is 2.01. The molecule has 0 fully saturated rings. The molecular formula is C13H9BrClN3. The van der Waals surface area contributed by atoms with Gasteiger partial charge in [0.05, 0.1) is 22.8 Å². The van der Waals surface area contributed by atoms with Gasteiger partial charge in [-0.3, -0.25) is 0 Å². The Labute approximate surface area is 119 Å². The Bertz CT molecular complexity index is 607. The molecule has 1 aromatic carbocycles. The number of anilines is 1. The van der Waals surface area contributed by atoms with Crippen molar-refractivity contribution in [2.75, 3.05) is 5.32 Å². The van der Waals surface area contributed by atoms with Crippen LogP contribution in [0.5, 0.6) is 0 Å². The predicted octanol–water partition coefficient (Wildman–Crippen LogP) is 3.98. The summed E-state index contributed by atoms with van der Waals surface area (Å²) in [6.07, 6.45) is 0. The molecule has 2 aromatic rings. The molecule has 3 nitrogen and oxygen atoms in total. The third kappa shape index (κ3) is 3.22. The van der Waals surface area contributed by atoms with Crippen LogP contribution in [0.1, 0.15) is 11.3 Å². The maximum Gasteiger partial charge on any atom is 0.106 e. The molecular weight excluding hydrogens is 314 g/mol. The molecule has 0 unspecified atom stereocenters. The molecule has 0 saturated heterocycles. The molecule has 5 heteroatoms. The predicted molar refractivity (Wildman–Crippen MR) is 75.4 cm³/mol. The van der Waals surface area contributed by atoms with Crippen LogP contribution in [0.3, 0.4) is 0 Å². The summed E-state index contributed by atoms with van der Waals surface area (Å²) >= 11 is 9.27. The van der Waals surface area contributed by atoms with Crippen molar-refractivity contribution in [3.63, 3.8) is 0 Å². The molecule has 0 saturated carbocycles. The first kappa shape index (κ1) is 12.9. The zero-order valence-corrected chi connectivity index (χ0v) is 11.7. The molecule has 1 heterocycles. The SMILES string of the molecule is N#Cc1ccc(NCc2cccc(Br)n2)cc1Cl. The van der Waals surface area contributed by atoms with Crippen LogP contribution in [-0.2, 0) is 6.54 Å². The molecule has 0 atom stereocenters. The third-order valence-electron chi connectivity index (χ3n) is 2.34. The lowest BCUT2D eigenvalue weighted by atomic mass is 10.2. The molecule has 0 aliphatic heterocycles. The van der Waals surface area contributed by atoms with E-state index in [9.17, 15) is 0 Å². The van der Waals surface area contributed by atoms with Crippen molar-refractivity contribution in [1.82, 2.24) is 4.98 Å². The Morgan fingerprint density at radius 3 is 2.83 bits per heavy atom. The summed E-state index contributed by atoms with van der Waals surface area (Å²) in [5, 5.41) is 12.4. The number of aromatic nitrogens is 1. The van der Waals surface area contributed by atoms with Crippen molar-refractivity contribution in [1.29, 1.82) is 5.26 Å². The smallest absolute Gasteiger partial charge is 0.106 e. The van der Waals surface area contributed by atoms with Gasteiger partial charge in [-0.1, -0.05) is 17.7 Å². The zero-order chi connectivity index (χ0) is 13.0. The van der Waals surface area contributed by atoms with Crippen molar-refractivity contribution in [2.24, 2.45) is 0 Å². The summed E-state index contributed by atoms with van der Waals surface area (Å²) in [6.45, 7) is 0.599. The van der Waals surface area contributed by atoms with Gasteiger partial charge in [-0.15, -0.1) is 0 Å². The lowest BCUT2D eigenvalue weighted by molar-refractivity contribution is 1.03. The van der Waals surface area contributed by atoms with Gasteiger partial charge in [0.25, 0.3) is 0 Å². The van der Waals surface area contributed by atoms with Crippen LogP contribution in [0.15, 0.2) is 41.0 Å². The van der Waals surface area contributed by atoms with E-state index in [2.05, 4.69) is 26.2 Å². The average Bonchev–Trinajstić information content (AvgIpc) is 2.37. The standard InChI is InChI=1S/C13H9BrClN3/c14-13-3-1-2-11(18-13)8-17-10-5-4-9(7-16)12(15)6-10/h1-6,17H,8H2. The zero-order valence-electron chi connectivity index (χ0n) is 9.32. The minimum absolute atomic E-state index is 0.449. The van der Waals surface area contributed by atoms with Gasteiger partial charge >= 0.3 is 0 Å². The molecule has 0 aliphatic rings. The van der Waals surface area contributed by atoms with E-state index in [1.54, 1.807) is 12.1 Å². The highest BCUT2D eigenvalue weighted by molar-refractivity contribution is 9.10. The van der Waals surface area contributed by atoms with Crippen LogP contribution >= 0.6 is 27.5 Å². The number of nitriles is 1. The van der Waals surface area contributed by atoms with Gasteiger partial charge in [-0.25, -0.2) is 4.98 Å². The quantitative estimate of drug-likeness (QED) is 0.870. The summed E-state index contributed by atoms with van der Waals surface area (Å²) in [7, 11) is 0. The maximum absolute atomic E-state index is 8.78. The molecule has 0 radical (unpaired) electrons. The largest absolute Gasteiger partial charge is 0.379 e. The Kier molecular flexibility index (Phi) is 4.19. The number of rotatable bonds is 3. The van der Waals surface area contributed by atoms with E-state index in [4.69, 9.17) is 16.9 Å². The van der Waals surface area contributed by atoms with Crippen molar-refractivity contribution in [3.8, 4) is 6.07 Å². The van der Waals surface area contributed by atoms with E-state index in [0.29, 0.717) is 17.1 Å². The second kappa shape index (κ2) is 5.85. The lowest BCUT2D eigenvalue weighted by Gasteiger charge is -2.07. The first-order valence-corrected chi connectivity index (χ1v) is 6.41. The van der Waals surface area contributed by atoms with Crippen molar-refractivity contribution in [3.05, 3.63) is 57.3 Å². The Hall–Kier alpha value is -1.57. The number of halogens is 2. The van der Waals surface area contributed by atoms with Crippen LogP contribution in [0, 0.1) is 11.3 Å². The van der Waals surface area contributed by atoms with Gasteiger partial charge < -0.3 is 5.32 Å². The number of nitrogens with one attached hydrogen (secondary N) is 1. The van der Waals surface area contributed by atoms with E-state index in [1.165, 1.54) is 0 Å². The molecule has 1 aromatic heterocycles. The van der Waals surface area contributed by atoms with Gasteiger partial charge in [0.2, 0.25) is 0 Å². The Morgan fingerprint density at radius 2 is 2.17 bits per heavy atom. The highest BCUT2D eigenvalue weighted by atomic mass is 79.9. The van der Waals surface area contributed by atoms with E-state index in [-0.39, 0.29) is 0 Å². The second-order valence-corrected chi connectivity index (χ2v) is 4.83. The van der Waals surface area contributed by atoms with Gasteiger partial charge in [0.1, 0.15) is 10.7 Å². The number of hydrogen-bond acceptors (Lipinski definition) is 3. The van der Waals surface area contributed by atoms with Crippen LogP contribution < -0.4 is 5.32 Å². The van der Waals surface area contributed by atoms with E-state index >= 15 is 0 Å². The fourth-order valence-corrected chi connectivity index (χ4v) is 2.06. The van der Waals surface area contributed by atoms with Crippen molar-refractivity contribution in [2.45, 2.75) is 6.54 Å². The van der Waals surface area contributed by atoms with E-state index in [1.807, 2.05) is 30.3 Å². The van der Waals surface area contributed by atoms with E-state index in [0.717, 1.165) is 16.0 Å². The molecule has 90 valence electrons. The average molecular weight is 323 g/mol. The third-order valence-corrected chi connectivity index (χ3v) is 3.09. The second-order valence-electron chi connectivity index (χ2n) is 3.61. The molecule has 0 bridgehead atoms. The van der Waals surface area contributed by atoms with Crippen LogP contribution in [0.25, 0.3) is 0 Å². The summed E-state index contributed by atoms with van der Waals surface area (Å²) in [5.41, 5.74) is 2.26. The minimum Gasteiger partial charge on any atom is -0.379 e. The summed E-state index contributed by atoms with van der Waals surface area (Å²) in [4.78, 5) is 4.31. The van der Waals surface area contributed by atoms with Crippen molar-refractivity contribution < 1.29 is 0 Å². The lowest BCUT2D eigenvalue weighted by Crippen LogP contribution is -2.01. The number of pyridine rings is 1. The molecule has 0 amide bonds. The molecule has 0 spiro atoms. The van der Waals surface area contributed by atoms with E-state index < -0.39 is 0 Å². The molecule has 18 heavy (non-hydrogen) atoms. The fourth-order valence-electron chi connectivity index (χ4n) is 1.46. The molecule has 0 aliphatic carbocycles. The first-order chi connectivity index (χ1) is 8.69. The summed E-state index contributed by atoms with van der Waals surface area (Å²) in [6, 6.07) is 13.0. The minimum atomic E-state index is 0.449. The Balaban J connectivity index is 2.07. The van der Waals surface area contributed by atoms with Gasteiger partial charge in [0.15, 0.2) is 0 Å². The fraction of sp³-hybridized carbons (Fsp3) is 0.0769. The highest BCUT2D eigenvalue weighted by Crippen LogP contribution is 2.20. The van der Waals surface area contributed by atoms with Gasteiger partial charge in [-0.05, 0) is 46.3 Å². The Morgan fingerprint density at radius 1 is 1.33 bits per heavy atom. The van der Waals surface area contributed by atoms with Gasteiger partial charge in [-0.2, -0.15) is 5.26 Å². The van der Waals surface area contributed by atoms with Crippen LogP contribution in [0.2, 0.25) is 5.02 Å². The number of nitrogens with zero attached hydrogens (tertiary/aromatic N) is 2. The summed E-state index contributed by atoms with van der Waals surface area (Å²) in [5.74, 6) is 0.